The molecule has 1 fully saturated rings. The van der Waals surface area contributed by atoms with Gasteiger partial charge in [-0.3, -0.25) is 0 Å². The zero-order valence-corrected chi connectivity index (χ0v) is 14.8. The van der Waals surface area contributed by atoms with E-state index in [2.05, 4.69) is 0 Å². The number of ether oxygens (including phenoxy) is 1. The van der Waals surface area contributed by atoms with Crippen molar-refractivity contribution in [3.63, 3.8) is 0 Å². The zero-order chi connectivity index (χ0) is 18.8. The molecule has 1 aromatic rings. The molecule has 0 saturated carbocycles. The average Bonchev–Trinajstić information content (AvgIpc) is 2.54. The smallest absolute Gasteiger partial charge is 0.417 e. The summed E-state index contributed by atoms with van der Waals surface area (Å²) in [6.07, 6.45) is -5.44. The first-order chi connectivity index (χ1) is 11.6. The average molecular weight is 401 g/mol. The summed E-state index contributed by atoms with van der Waals surface area (Å²) in [5.41, 5.74) is -1.31. The van der Waals surface area contributed by atoms with Crippen LogP contribution in [-0.4, -0.2) is 56.5 Å². The van der Waals surface area contributed by atoms with Gasteiger partial charge in [-0.2, -0.15) is 17.5 Å². The summed E-state index contributed by atoms with van der Waals surface area (Å²) in [5, 5.41) is -0.210. The number of carbonyl (C=O) groups is 1. The Kier molecular flexibility index (Phi) is 5.85. The molecular weight excluding hydrogens is 385 g/mol. The fourth-order valence-corrected chi connectivity index (χ4v) is 4.20. The van der Waals surface area contributed by atoms with Crippen LogP contribution in [0.5, 0.6) is 0 Å². The van der Waals surface area contributed by atoms with Crippen LogP contribution in [0.25, 0.3) is 0 Å². The minimum Gasteiger partial charge on any atom is -0.450 e. The highest BCUT2D eigenvalue weighted by molar-refractivity contribution is 7.89. The molecule has 2 rings (SSSR count). The number of piperazine rings is 1. The highest BCUT2D eigenvalue weighted by Crippen LogP contribution is 2.37. The van der Waals surface area contributed by atoms with E-state index in [1.807, 2.05) is 0 Å². The zero-order valence-electron chi connectivity index (χ0n) is 13.2. The molecule has 0 bridgehead atoms. The van der Waals surface area contributed by atoms with Crippen LogP contribution in [0.3, 0.4) is 0 Å². The predicted molar refractivity (Wildman–Crippen MR) is 83.8 cm³/mol. The Bertz CT molecular complexity index is 747. The summed E-state index contributed by atoms with van der Waals surface area (Å²) in [6.45, 7) is 1.64. The van der Waals surface area contributed by atoms with Crippen molar-refractivity contribution in [2.45, 2.75) is 18.0 Å². The fraction of sp³-hybridized carbons (Fsp3) is 0.500. The maximum absolute atomic E-state index is 13.2. The van der Waals surface area contributed by atoms with Crippen molar-refractivity contribution in [1.29, 1.82) is 0 Å². The summed E-state index contributed by atoms with van der Waals surface area (Å²) in [4.78, 5) is 12.1. The minimum atomic E-state index is -4.86. The van der Waals surface area contributed by atoms with Crippen molar-refractivity contribution in [3.05, 3.63) is 28.8 Å². The van der Waals surface area contributed by atoms with Gasteiger partial charge < -0.3 is 9.64 Å². The van der Waals surface area contributed by atoms with Gasteiger partial charge in [0.15, 0.2) is 0 Å². The van der Waals surface area contributed by atoms with Gasteiger partial charge >= 0.3 is 12.3 Å². The van der Waals surface area contributed by atoms with E-state index < -0.39 is 32.8 Å². The molecule has 1 aliphatic rings. The van der Waals surface area contributed by atoms with Gasteiger partial charge in [0.25, 0.3) is 0 Å². The summed E-state index contributed by atoms with van der Waals surface area (Å²) < 4.78 is 70.5. The van der Waals surface area contributed by atoms with E-state index in [0.717, 1.165) is 16.4 Å². The molecule has 1 aliphatic heterocycles. The lowest BCUT2D eigenvalue weighted by molar-refractivity contribution is -0.139. The lowest BCUT2D eigenvalue weighted by Gasteiger charge is -2.33. The molecule has 0 radical (unpaired) electrons. The van der Waals surface area contributed by atoms with Gasteiger partial charge in [-0.1, -0.05) is 11.6 Å². The van der Waals surface area contributed by atoms with E-state index in [9.17, 15) is 26.4 Å². The standard InChI is InChI=1S/C14H16ClF3N2O4S/c1-2-24-13(21)19-5-7-20(8-6-19)25(22,23)12-4-3-10(15)9-11(12)14(16,17)18/h3-4,9H,2,5-8H2,1H3. The van der Waals surface area contributed by atoms with Crippen LogP contribution in [0, 0.1) is 0 Å². The number of nitrogens with zero attached hydrogens (tertiary/aromatic N) is 2. The number of rotatable bonds is 3. The van der Waals surface area contributed by atoms with Crippen molar-refractivity contribution in [2.75, 3.05) is 32.8 Å². The van der Waals surface area contributed by atoms with E-state index in [0.29, 0.717) is 6.07 Å². The Hall–Kier alpha value is -1.52. The Labute approximate surface area is 148 Å². The third kappa shape index (κ3) is 4.36. The van der Waals surface area contributed by atoms with Crippen LogP contribution in [0.1, 0.15) is 12.5 Å². The summed E-state index contributed by atoms with van der Waals surface area (Å²) in [5.74, 6) is 0. The van der Waals surface area contributed by atoms with Crippen LogP contribution in [-0.2, 0) is 20.9 Å². The molecule has 25 heavy (non-hydrogen) atoms. The maximum atomic E-state index is 13.2. The quantitative estimate of drug-likeness (QED) is 0.782. The molecule has 6 nitrogen and oxygen atoms in total. The predicted octanol–water partition coefficient (Wildman–Crippen LogP) is 2.82. The number of carbonyl (C=O) groups excluding carboxylic acids is 1. The lowest BCUT2D eigenvalue weighted by Crippen LogP contribution is -2.50. The van der Waals surface area contributed by atoms with E-state index in [1.54, 1.807) is 6.92 Å². The second kappa shape index (κ2) is 7.38. The monoisotopic (exact) mass is 400 g/mol. The topological polar surface area (TPSA) is 66.9 Å². The van der Waals surface area contributed by atoms with Crippen molar-refractivity contribution in [1.82, 2.24) is 9.21 Å². The molecule has 11 heteroatoms. The van der Waals surface area contributed by atoms with Gasteiger partial charge in [0.2, 0.25) is 10.0 Å². The van der Waals surface area contributed by atoms with Gasteiger partial charge in [0.05, 0.1) is 17.1 Å². The highest BCUT2D eigenvalue weighted by atomic mass is 35.5. The number of benzene rings is 1. The Morgan fingerprint density at radius 2 is 1.84 bits per heavy atom. The Morgan fingerprint density at radius 3 is 2.36 bits per heavy atom. The van der Waals surface area contributed by atoms with Gasteiger partial charge in [-0.15, -0.1) is 0 Å². The molecule has 1 amide bonds. The van der Waals surface area contributed by atoms with Crippen LogP contribution < -0.4 is 0 Å². The molecule has 0 aromatic heterocycles. The first-order valence-electron chi connectivity index (χ1n) is 7.36. The molecule has 0 spiro atoms. The number of amides is 1. The second-order valence-electron chi connectivity index (χ2n) is 5.23. The van der Waals surface area contributed by atoms with E-state index in [4.69, 9.17) is 16.3 Å². The van der Waals surface area contributed by atoms with Crippen LogP contribution >= 0.6 is 11.6 Å². The van der Waals surface area contributed by atoms with Crippen molar-refractivity contribution in [2.24, 2.45) is 0 Å². The van der Waals surface area contributed by atoms with E-state index in [1.165, 1.54) is 4.90 Å². The molecule has 140 valence electrons. The van der Waals surface area contributed by atoms with E-state index >= 15 is 0 Å². The van der Waals surface area contributed by atoms with Gasteiger partial charge in [-0.05, 0) is 25.1 Å². The largest absolute Gasteiger partial charge is 0.450 e. The third-order valence-corrected chi connectivity index (χ3v) is 5.82. The first-order valence-corrected chi connectivity index (χ1v) is 9.17. The Morgan fingerprint density at radius 1 is 1.24 bits per heavy atom. The van der Waals surface area contributed by atoms with Crippen molar-refractivity contribution >= 4 is 27.7 Å². The summed E-state index contributed by atoms with van der Waals surface area (Å²) >= 11 is 5.58. The Balaban J connectivity index is 2.25. The number of halogens is 4. The normalized spacial score (nSPS) is 16.8. The molecule has 1 heterocycles. The molecule has 1 saturated heterocycles. The van der Waals surface area contributed by atoms with Gasteiger partial charge in [-0.25, -0.2) is 13.2 Å². The van der Waals surface area contributed by atoms with Crippen molar-refractivity contribution < 1.29 is 31.1 Å². The van der Waals surface area contributed by atoms with Crippen LogP contribution in [0.15, 0.2) is 23.1 Å². The summed E-state index contributed by atoms with van der Waals surface area (Å²) in [7, 11) is -4.38. The van der Waals surface area contributed by atoms with Crippen molar-refractivity contribution in [3.8, 4) is 0 Å². The van der Waals surface area contributed by atoms with Crippen LogP contribution in [0.2, 0.25) is 5.02 Å². The second-order valence-corrected chi connectivity index (χ2v) is 7.57. The number of sulfonamides is 1. The summed E-state index contributed by atoms with van der Waals surface area (Å²) in [6, 6.07) is 2.53. The molecule has 1 aromatic carbocycles. The number of hydrogen-bond acceptors (Lipinski definition) is 4. The lowest BCUT2D eigenvalue weighted by atomic mass is 10.2. The first kappa shape index (κ1) is 19.8. The highest BCUT2D eigenvalue weighted by Gasteiger charge is 2.40. The number of hydrogen-bond donors (Lipinski definition) is 0. The SMILES string of the molecule is CCOC(=O)N1CCN(S(=O)(=O)c2ccc(Cl)cc2C(F)(F)F)CC1. The molecule has 0 N–H and O–H groups in total. The van der Waals surface area contributed by atoms with E-state index in [-0.39, 0.29) is 37.8 Å². The number of alkyl halides is 3. The molecule has 0 atom stereocenters. The molecule has 0 unspecified atom stereocenters. The molecular formula is C14H16ClF3N2O4S. The van der Waals surface area contributed by atoms with Gasteiger partial charge in [0, 0.05) is 31.2 Å². The van der Waals surface area contributed by atoms with Crippen LogP contribution in [0.4, 0.5) is 18.0 Å². The van der Waals surface area contributed by atoms with Gasteiger partial charge in [0.1, 0.15) is 0 Å². The molecule has 0 aliphatic carbocycles. The fourth-order valence-electron chi connectivity index (χ4n) is 2.41. The third-order valence-electron chi connectivity index (χ3n) is 3.63. The minimum absolute atomic E-state index is 0.0347. The maximum Gasteiger partial charge on any atom is 0.417 e.